The molecule has 1 aliphatic carbocycles. The molecule has 0 bridgehead atoms. The zero-order chi connectivity index (χ0) is 25.8. The van der Waals surface area contributed by atoms with Crippen LogP contribution in [0.25, 0.3) is 0 Å². The first-order chi connectivity index (χ1) is 17.5. The van der Waals surface area contributed by atoms with E-state index in [2.05, 4.69) is 19.9 Å². The molecule has 0 nitrogen and oxygen atoms in total. The average Bonchev–Trinajstić information content (AvgIpc) is 3.29. The SMILES string of the molecule is CCCCCCCCc1ccc(CCc2cc(F)c3c(c2)CC(CCCCCCCC)C3)c(F)c1F. The van der Waals surface area contributed by atoms with Gasteiger partial charge in [0.1, 0.15) is 5.82 Å². The summed E-state index contributed by atoms with van der Waals surface area (Å²) >= 11 is 0. The Kier molecular flexibility index (Phi) is 12.4. The maximum atomic E-state index is 14.9. The predicted octanol–water partition coefficient (Wildman–Crippen LogP) is 10.3. The highest BCUT2D eigenvalue weighted by molar-refractivity contribution is 5.38. The molecule has 0 saturated heterocycles. The maximum Gasteiger partial charge on any atom is 0.162 e. The molecule has 0 aromatic heterocycles. The fraction of sp³-hybridized carbons (Fsp3) is 0.636. The van der Waals surface area contributed by atoms with Crippen molar-refractivity contribution in [3.63, 3.8) is 0 Å². The van der Waals surface area contributed by atoms with Gasteiger partial charge >= 0.3 is 0 Å². The smallest absolute Gasteiger partial charge is 0.162 e. The maximum absolute atomic E-state index is 14.9. The van der Waals surface area contributed by atoms with Crippen LogP contribution < -0.4 is 0 Å². The average molecular weight is 501 g/mol. The number of fused-ring (bicyclic) bond motifs is 1. The third kappa shape index (κ3) is 8.67. The highest BCUT2D eigenvalue weighted by Crippen LogP contribution is 2.33. The molecule has 3 heteroatoms. The monoisotopic (exact) mass is 500 g/mol. The number of rotatable bonds is 17. The van der Waals surface area contributed by atoms with Gasteiger partial charge in [0, 0.05) is 0 Å². The van der Waals surface area contributed by atoms with Crippen LogP contribution in [0.15, 0.2) is 24.3 Å². The molecule has 1 aliphatic rings. The van der Waals surface area contributed by atoms with Crippen molar-refractivity contribution in [1.29, 1.82) is 0 Å². The summed E-state index contributed by atoms with van der Waals surface area (Å²) in [5, 5.41) is 0. The van der Waals surface area contributed by atoms with Crippen molar-refractivity contribution in [1.82, 2.24) is 0 Å². The lowest BCUT2D eigenvalue weighted by Crippen LogP contribution is -2.03. The van der Waals surface area contributed by atoms with E-state index in [0.29, 0.717) is 36.3 Å². The quantitative estimate of drug-likeness (QED) is 0.190. The molecule has 0 amide bonds. The number of hydrogen-bond acceptors (Lipinski definition) is 0. The van der Waals surface area contributed by atoms with Crippen LogP contribution in [0.5, 0.6) is 0 Å². The minimum absolute atomic E-state index is 0.117. The lowest BCUT2D eigenvalue weighted by molar-refractivity contribution is 0.466. The molecule has 36 heavy (non-hydrogen) atoms. The molecule has 200 valence electrons. The second kappa shape index (κ2) is 15.5. The van der Waals surface area contributed by atoms with E-state index >= 15 is 0 Å². The molecule has 0 spiro atoms. The molecule has 2 aromatic carbocycles. The van der Waals surface area contributed by atoms with Gasteiger partial charge in [-0.1, -0.05) is 103 Å². The number of aryl methyl sites for hydroxylation is 3. The van der Waals surface area contributed by atoms with Crippen molar-refractivity contribution in [3.05, 3.63) is 69.5 Å². The predicted molar refractivity (Wildman–Crippen MR) is 146 cm³/mol. The van der Waals surface area contributed by atoms with E-state index in [4.69, 9.17) is 0 Å². The summed E-state index contributed by atoms with van der Waals surface area (Å²) in [7, 11) is 0. The van der Waals surface area contributed by atoms with Gasteiger partial charge in [-0.2, -0.15) is 0 Å². The summed E-state index contributed by atoms with van der Waals surface area (Å²) in [4.78, 5) is 0. The van der Waals surface area contributed by atoms with Gasteiger partial charge in [-0.15, -0.1) is 0 Å². The molecule has 0 radical (unpaired) electrons. The van der Waals surface area contributed by atoms with E-state index < -0.39 is 11.6 Å². The molecule has 1 unspecified atom stereocenters. The molecular formula is C33H47F3. The van der Waals surface area contributed by atoms with Crippen LogP contribution in [-0.2, 0) is 32.1 Å². The Balaban J connectivity index is 1.48. The van der Waals surface area contributed by atoms with Crippen LogP contribution in [0.1, 0.15) is 125 Å². The minimum Gasteiger partial charge on any atom is -0.207 e. The topological polar surface area (TPSA) is 0 Å². The third-order valence-corrected chi connectivity index (χ3v) is 8.04. The van der Waals surface area contributed by atoms with Gasteiger partial charge in [0.15, 0.2) is 11.6 Å². The zero-order valence-corrected chi connectivity index (χ0v) is 22.7. The highest BCUT2D eigenvalue weighted by Gasteiger charge is 2.24. The first kappa shape index (κ1) is 28.8. The molecule has 0 saturated carbocycles. The van der Waals surface area contributed by atoms with Gasteiger partial charge in [-0.3, -0.25) is 0 Å². The standard InChI is InChI=1S/C33H47F3/c1-3-5-7-9-11-13-15-25-21-29-22-26(24-31(34)30(29)23-25)17-18-28-20-19-27(32(35)33(28)36)16-14-12-10-8-6-4-2/h19-20,22,24-25H,3-18,21,23H2,1-2H3. The largest absolute Gasteiger partial charge is 0.207 e. The van der Waals surface area contributed by atoms with E-state index in [1.807, 2.05) is 0 Å². The van der Waals surface area contributed by atoms with Gasteiger partial charge in [0.2, 0.25) is 0 Å². The molecule has 0 aliphatic heterocycles. The summed E-state index contributed by atoms with van der Waals surface area (Å²) in [5.74, 6) is -0.992. The number of benzene rings is 2. The van der Waals surface area contributed by atoms with Crippen LogP contribution in [-0.4, -0.2) is 0 Å². The first-order valence-electron chi connectivity index (χ1n) is 14.8. The van der Waals surface area contributed by atoms with Crippen LogP contribution in [0.2, 0.25) is 0 Å². The summed E-state index contributed by atoms with van der Waals surface area (Å²) in [6.45, 7) is 4.43. The highest BCUT2D eigenvalue weighted by atomic mass is 19.2. The fourth-order valence-electron chi connectivity index (χ4n) is 5.79. The molecule has 3 rings (SSSR count). The summed E-state index contributed by atoms with van der Waals surface area (Å²) < 4.78 is 44.3. The third-order valence-electron chi connectivity index (χ3n) is 8.04. The van der Waals surface area contributed by atoms with Crippen molar-refractivity contribution in [2.75, 3.05) is 0 Å². The Bertz CT molecular complexity index is 933. The summed E-state index contributed by atoms with van der Waals surface area (Å²) in [5.41, 5.74) is 3.77. The van der Waals surface area contributed by atoms with Gasteiger partial charge in [-0.25, -0.2) is 13.2 Å². The molecule has 2 aromatic rings. The van der Waals surface area contributed by atoms with Crippen molar-refractivity contribution in [2.45, 2.75) is 129 Å². The Morgan fingerprint density at radius 2 is 1.22 bits per heavy atom. The van der Waals surface area contributed by atoms with E-state index in [-0.39, 0.29) is 5.82 Å². The minimum atomic E-state index is -0.723. The summed E-state index contributed by atoms with van der Waals surface area (Å²) in [6.07, 6.45) is 19.0. The summed E-state index contributed by atoms with van der Waals surface area (Å²) in [6, 6.07) is 7.20. The lowest BCUT2D eigenvalue weighted by Gasteiger charge is -2.10. The Morgan fingerprint density at radius 1 is 0.639 bits per heavy atom. The zero-order valence-electron chi connectivity index (χ0n) is 22.7. The normalized spacial score (nSPS) is 15.0. The molecule has 0 fully saturated rings. The van der Waals surface area contributed by atoms with Gasteiger partial charge in [0.25, 0.3) is 0 Å². The van der Waals surface area contributed by atoms with E-state index in [1.165, 1.54) is 64.2 Å². The van der Waals surface area contributed by atoms with Gasteiger partial charge in [-0.05, 0) is 84.7 Å². The molecular weight excluding hydrogens is 453 g/mol. The van der Waals surface area contributed by atoms with Crippen molar-refractivity contribution >= 4 is 0 Å². The van der Waals surface area contributed by atoms with Crippen LogP contribution in [0.4, 0.5) is 13.2 Å². The Morgan fingerprint density at radius 3 is 1.89 bits per heavy atom. The van der Waals surface area contributed by atoms with Crippen LogP contribution in [0.3, 0.4) is 0 Å². The van der Waals surface area contributed by atoms with Crippen LogP contribution >= 0.6 is 0 Å². The first-order valence-corrected chi connectivity index (χ1v) is 14.8. The number of unbranched alkanes of at least 4 members (excludes halogenated alkanes) is 10. The lowest BCUT2D eigenvalue weighted by atomic mass is 9.97. The van der Waals surface area contributed by atoms with E-state index in [1.54, 1.807) is 18.2 Å². The second-order valence-electron chi connectivity index (χ2n) is 11.1. The van der Waals surface area contributed by atoms with Gasteiger partial charge < -0.3 is 0 Å². The Hall–Kier alpha value is -1.77. The number of halogens is 3. The number of hydrogen-bond donors (Lipinski definition) is 0. The fourth-order valence-corrected chi connectivity index (χ4v) is 5.79. The van der Waals surface area contributed by atoms with E-state index in [9.17, 15) is 13.2 Å². The van der Waals surface area contributed by atoms with E-state index in [0.717, 1.165) is 48.8 Å². The van der Waals surface area contributed by atoms with Crippen LogP contribution in [0, 0.1) is 23.4 Å². The van der Waals surface area contributed by atoms with Crippen molar-refractivity contribution < 1.29 is 13.2 Å². The van der Waals surface area contributed by atoms with Crippen molar-refractivity contribution in [3.8, 4) is 0 Å². The second-order valence-corrected chi connectivity index (χ2v) is 11.1. The van der Waals surface area contributed by atoms with Crippen molar-refractivity contribution in [2.24, 2.45) is 5.92 Å². The van der Waals surface area contributed by atoms with Gasteiger partial charge in [0.05, 0.1) is 0 Å². The molecule has 1 atom stereocenters. The Labute approximate surface area is 218 Å². The molecule has 0 N–H and O–H groups in total. The molecule has 0 heterocycles.